The number of carbonyl (C=O) groups excluding carboxylic acids is 1. The zero-order valence-electron chi connectivity index (χ0n) is 13.2. The molecule has 4 aromatic rings. The summed E-state index contributed by atoms with van der Waals surface area (Å²) in [6.07, 6.45) is 1.96. The number of aromatic nitrogens is 6. The molecule has 4 aromatic heterocycles. The molecule has 8 nitrogen and oxygen atoms in total. The normalized spacial score (nSPS) is 16.8. The molecule has 0 aliphatic carbocycles. The van der Waals surface area contributed by atoms with Gasteiger partial charge in [-0.05, 0) is 30.5 Å². The summed E-state index contributed by atoms with van der Waals surface area (Å²) < 4.78 is 3.27. The van der Waals surface area contributed by atoms with Crippen LogP contribution in [0.1, 0.15) is 28.5 Å². The Morgan fingerprint density at radius 2 is 2.20 bits per heavy atom. The van der Waals surface area contributed by atoms with Crippen molar-refractivity contribution in [3.8, 4) is 5.82 Å². The van der Waals surface area contributed by atoms with Crippen LogP contribution < -0.4 is 5.32 Å². The molecule has 0 radical (unpaired) electrons. The van der Waals surface area contributed by atoms with Gasteiger partial charge in [0, 0.05) is 22.8 Å². The summed E-state index contributed by atoms with van der Waals surface area (Å²) in [5, 5.41) is 21.9. The van der Waals surface area contributed by atoms with E-state index in [0.29, 0.717) is 23.7 Å². The number of hydrogen-bond donors (Lipinski definition) is 1. The summed E-state index contributed by atoms with van der Waals surface area (Å²) in [4.78, 5) is 13.5. The van der Waals surface area contributed by atoms with Crippen LogP contribution in [0.4, 0.5) is 5.82 Å². The lowest BCUT2D eigenvalue weighted by Gasteiger charge is -2.23. The summed E-state index contributed by atoms with van der Waals surface area (Å²) in [5.74, 6) is 1.30. The van der Waals surface area contributed by atoms with Crippen LogP contribution >= 0.6 is 11.3 Å². The van der Waals surface area contributed by atoms with Gasteiger partial charge in [0.1, 0.15) is 12.1 Å². The van der Waals surface area contributed by atoms with Crippen molar-refractivity contribution in [3.05, 3.63) is 52.1 Å². The monoisotopic (exact) mass is 351 g/mol. The maximum atomic E-state index is 12.3. The lowest BCUT2D eigenvalue weighted by Crippen LogP contribution is -2.24. The molecule has 0 spiro atoms. The second kappa shape index (κ2) is 5.21. The molecule has 9 heteroatoms. The largest absolute Gasteiger partial charge is 0.310 e. The molecule has 1 amide bonds. The molecule has 0 aromatic carbocycles. The first-order valence-electron chi connectivity index (χ1n) is 7.81. The van der Waals surface area contributed by atoms with Crippen molar-refractivity contribution in [1.29, 1.82) is 0 Å². The average molecular weight is 351 g/mol. The summed E-state index contributed by atoms with van der Waals surface area (Å²) in [6, 6.07) is 7.71. The number of rotatable bonds is 2. The number of anilines is 1. The standard InChI is InChI=1S/C16H13N7OS/c1-9-15-10(11-3-2-6-25-11)7-14(24)18-16(15)23(20-9)13-5-4-12-19-17-8-22(12)21-13/h2-6,8,10H,7H2,1H3,(H,18,24). The van der Waals surface area contributed by atoms with Crippen LogP contribution in [0, 0.1) is 6.92 Å². The first-order valence-corrected chi connectivity index (χ1v) is 8.69. The molecule has 1 aliphatic rings. The van der Waals surface area contributed by atoms with Crippen molar-refractivity contribution in [1.82, 2.24) is 29.6 Å². The quantitative estimate of drug-likeness (QED) is 0.598. The highest BCUT2D eigenvalue weighted by Crippen LogP contribution is 2.41. The Morgan fingerprint density at radius 1 is 1.28 bits per heavy atom. The van der Waals surface area contributed by atoms with Gasteiger partial charge in [-0.2, -0.15) is 14.3 Å². The minimum absolute atomic E-state index is 0.0163. The molecule has 5 rings (SSSR count). The Kier molecular flexibility index (Phi) is 2.98. The molecule has 0 saturated carbocycles. The summed E-state index contributed by atoms with van der Waals surface area (Å²) >= 11 is 1.66. The molecule has 1 atom stereocenters. The van der Waals surface area contributed by atoms with E-state index in [1.807, 2.05) is 30.5 Å². The first kappa shape index (κ1) is 14.3. The summed E-state index contributed by atoms with van der Waals surface area (Å²) in [6.45, 7) is 1.96. The van der Waals surface area contributed by atoms with Gasteiger partial charge in [-0.25, -0.2) is 0 Å². The van der Waals surface area contributed by atoms with E-state index in [9.17, 15) is 4.79 Å². The van der Waals surface area contributed by atoms with Gasteiger partial charge in [-0.1, -0.05) is 6.07 Å². The third kappa shape index (κ3) is 2.16. The van der Waals surface area contributed by atoms with Gasteiger partial charge in [0.15, 0.2) is 11.5 Å². The van der Waals surface area contributed by atoms with Crippen LogP contribution in [0.15, 0.2) is 36.0 Å². The number of nitrogens with zero attached hydrogens (tertiary/aromatic N) is 6. The van der Waals surface area contributed by atoms with Crippen LogP contribution in [0.5, 0.6) is 0 Å². The van der Waals surface area contributed by atoms with Crippen molar-refractivity contribution in [2.24, 2.45) is 0 Å². The van der Waals surface area contributed by atoms with Gasteiger partial charge in [0.05, 0.1) is 5.69 Å². The molecule has 1 unspecified atom stereocenters. The smallest absolute Gasteiger partial charge is 0.226 e. The number of carbonyl (C=O) groups is 1. The SMILES string of the molecule is Cc1nn(-c2ccc3nncn3n2)c2c1C(c1cccs1)CC(=O)N2. The maximum Gasteiger partial charge on any atom is 0.226 e. The van der Waals surface area contributed by atoms with E-state index in [0.717, 1.165) is 11.3 Å². The Labute approximate surface area is 146 Å². The van der Waals surface area contributed by atoms with E-state index in [2.05, 4.69) is 31.8 Å². The molecule has 124 valence electrons. The fraction of sp³-hybridized carbons (Fsp3) is 0.188. The molecule has 0 fully saturated rings. The summed E-state index contributed by atoms with van der Waals surface area (Å²) in [5.41, 5.74) is 2.59. The van der Waals surface area contributed by atoms with Gasteiger partial charge in [-0.15, -0.1) is 26.6 Å². The zero-order valence-corrected chi connectivity index (χ0v) is 14.1. The van der Waals surface area contributed by atoms with E-state index >= 15 is 0 Å². The number of aryl methyl sites for hydroxylation is 1. The van der Waals surface area contributed by atoms with Gasteiger partial charge in [0.25, 0.3) is 0 Å². The van der Waals surface area contributed by atoms with Crippen molar-refractivity contribution < 1.29 is 4.79 Å². The number of thiophene rings is 1. The van der Waals surface area contributed by atoms with E-state index in [-0.39, 0.29) is 11.8 Å². The highest BCUT2D eigenvalue weighted by atomic mass is 32.1. The molecule has 5 heterocycles. The molecular weight excluding hydrogens is 338 g/mol. The fourth-order valence-electron chi connectivity index (χ4n) is 3.28. The van der Waals surface area contributed by atoms with Gasteiger partial charge in [0.2, 0.25) is 5.91 Å². The van der Waals surface area contributed by atoms with Crippen molar-refractivity contribution in [2.75, 3.05) is 5.32 Å². The third-order valence-corrected chi connectivity index (χ3v) is 5.34. The van der Waals surface area contributed by atoms with Crippen molar-refractivity contribution in [2.45, 2.75) is 19.3 Å². The zero-order chi connectivity index (χ0) is 17.0. The highest BCUT2D eigenvalue weighted by Gasteiger charge is 2.33. The number of nitrogens with one attached hydrogen (secondary N) is 1. The molecule has 25 heavy (non-hydrogen) atoms. The maximum absolute atomic E-state index is 12.3. The van der Waals surface area contributed by atoms with Crippen LogP contribution in [0.25, 0.3) is 11.5 Å². The molecular formula is C16H13N7OS. The number of hydrogen-bond acceptors (Lipinski definition) is 6. The van der Waals surface area contributed by atoms with Crippen molar-refractivity contribution >= 4 is 28.7 Å². The first-order chi connectivity index (χ1) is 12.2. The van der Waals surface area contributed by atoms with Crippen LogP contribution in [-0.4, -0.2) is 35.5 Å². The summed E-state index contributed by atoms with van der Waals surface area (Å²) in [7, 11) is 0. The average Bonchev–Trinajstić information content (AvgIpc) is 3.33. The Balaban J connectivity index is 1.70. The minimum Gasteiger partial charge on any atom is -0.310 e. The Hall–Kier alpha value is -3.07. The van der Waals surface area contributed by atoms with Crippen LogP contribution in [-0.2, 0) is 4.79 Å². The lowest BCUT2D eigenvalue weighted by molar-refractivity contribution is -0.116. The van der Waals surface area contributed by atoms with Crippen LogP contribution in [0.3, 0.4) is 0 Å². The minimum atomic E-state index is -0.0163. The van der Waals surface area contributed by atoms with E-state index in [1.165, 1.54) is 11.2 Å². The van der Waals surface area contributed by atoms with E-state index in [1.54, 1.807) is 20.5 Å². The van der Waals surface area contributed by atoms with Gasteiger partial charge < -0.3 is 5.32 Å². The second-order valence-electron chi connectivity index (χ2n) is 5.91. The van der Waals surface area contributed by atoms with Crippen molar-refractivity contribution in [3.63, 3.8) is 0 Å². The molecule has 1 N–H and O–H groups in total. The molecule has 1 aliphatic heterocycles. The van der Waals surface area contributed by atoms with Gasteiger partial charge in [-0.3, -0.25) is 4.79 Å². The lowest BCUT2D eigenvalue weighted by atomic mass is 9.91. The Morgan fingerprint density at radius 3 is 3.04 bits per heavy atom. The highest BCUT2D eigenvalue weighted by molar-refractivity contribution is 7.10. The number of fused-ring (bicyclic) bond motifs is 2. The second-order valence-corrected chi connectivity index (χ2v) is 6.88. The topological polar surface area (TPSA) is 90.0 Å². The molecule has 0 bridgehead atoms. The predicted molar refractivity (Wildman–Crippen MR) is 92.0 cm³/mol. The Bertz CT molecular complexity index is 1100. The molecule has 0 saturated heterocycles. The fourth-order valence-corrected chi connectivity index (χ4v) is 4.11. The van der Waals surface area contributed by atoms with E-state index < -0.39 is 0 Å². The van der Waals surface area contributed by atoms with E-state index in [4.69, 9.17) is 0 Å². The van der Waals surface area contributed by atoms with Gasteiger partial charge >= 0.3 is 0 Å². The number of amides is 1. The van der Waals surface area contributed by atoms with Crippen LogP contribution in [0.2, 0.25) is 0 Å². The predicted octanol–water partition coefficient (Wildman–Crippen LogP) is 2.15. The third-order valence-electron chi connectivity index (χ3n) is 4.35.